The Hall–Kier alpha value is -1.35. The third-order valence-corrected chi connectivity index (χ3v) is 2.62. The number of rotatable bonds is 4. The average molecular weight is 249 g/mol. The van der Waals surface area contributed by atoms with Crippen molar-refractivity contribution in [2.75, 3.05) is 0 Å². The van der Waals surface area contributed by atoms with Gasteiger partial charge in [0.05, 0.1) is 6.61 Å². The molecule has 1 N–H and O–H groups in total. The molecule has 0 aliphatic heterocycles. The van der Waals surface area contributed by atoms with E-state index < -0.39 is 6.29 Å². The molecule has 1 atom stereocenters. The van der Waals surface area contributed by atoms with E-state index in [-0.39, 0.29) is 0 Å². The summed E-state index contributed by atoms with van der Waals surface area (Å²) >= 11 is 5.86. The van der Waals surface area contributed by atoms with Crippen molar-refractivity contribution in [2.24, 2.45) is 0 Å². The monoisotopic (exact) mass is 248 g/mol. The Kier molecular flexibility index (Phi) is 4.15. The standard InChI is InChI=1S/C14H13ClO2/c15-13-8-4-5-11(9-13)10-17-14(16)12-6-2-1-3-7-12/h1-9,14,16H,10H2. The van der Waals surface area contributed by atoms with Crippen molar-refractivity contribution in [1.82, 2.24) is 0 Å². The number of aliphatic hydroxyl groups is 1. The van der Waals surface area contributed by atoms with Crippen molar-refractivity contribution in [1.29, 1.82) is 0 Å². The zero-order valence-corrected chi connectivity index (χ0v) is 9.97. The molecule has 0 amide bonds. The van der Waals surface area contributed by atoms with Crippen LogP contribution < -0.4 is 0 Å². The molecule has 2 aromatic carbocycles. The predicted molar refractivity (Wildman–Crippen MR) is 67.6 cm³/mol. The molecule has 2 aromatic rings. The minimum Gasteiger partial charge on any atom is -0.364 e. The molecule has 2 nitrogen and oxygen atoms in total. The first-order chi connectivity index (χ1) is 8.25. The third kappa shape index (κ3) is 3.56. The lowest BCUT2D eigenvalue weighted by atomic mass is 10.2. The van der Waals surface area contributed by atoms with E-state index in [1.165, 1.54) is 0 Å². The highest BCUT2D eigenvalue weighted by atomic mass is 35.5. The van der Waals surface area contributed by atoms with E-state index in [4.69, 9.17) is 16.3 Å². The topological polar surface area (TPSA) is 29.5 Å². The van der Waals surface area contributed by atoms with E-state index in [9.17, 15) is 5.11 Å². The fourth-order valence-corrected chi connectivity index (χ4v) is 1.73. The smallest absolute Gasteiger partial charge is 0.181 e. The molecule has 0 spiro atoms. The molecule has 0 saturated carbocycles. The molecule has 0 aromatic heterocycles. The highest BCUT2D eigenvalue weighted by Gasteiger charge is 2.06. The van der Waals surface area contributed by atoms with Crippen molar-refractivity contribution in [3.05, 3.63) is 70.7 Å². The summed E-state index contributed by atoms with van der Waals surface area (Å²) in [7, 11) is 0. The third-order valence-electron chi connectivity index (χ3n) is 2.38. The summed E-state index contributed by atoms with van der Waals surface area (Å²) in [4.78, 5) is 0. The largest absolute Gasteiger partial charge is 0.364 e. The summed E-state index contributed by atoms with van der Waals surface area (Å²) in [5.41, 5.74) is 1.68. The molecule has 0 aliphatic rings. The zero-order chi connectivity index (χ0) is 12.1. The Balaban J connectivity index is 1.95. The quantitative estimate of drug-likeness (QED) is 0.839. The van der Waals surface area contributed by atoms with Crippen molar-refractivity contribution < 1.29 is 9.84 Å². The normalized spacial score (nSPS) is 12.4. The molecule has 17 heavy (non-hydrogen) atoms. The van der Waals surface area contributed by atoms with Crippen LogP contribution in [0, 0.1) is 0 Å². The summed E-state index contributed by atoms with van der Waals surface area (Å²) < 4.78 is 5.37. The second-order valence-electron chi connectivity index (χ2n) is 3.70. The van der Waals surface area contributed by atoms with Gasteiger partial charge in [0.15, 0.2) is 6.29 Å². The Bertz CT molecular complexity index is 471. The predicted octanol–water partition coefficient (Wildman–Crippen LogP) is 3.55. The van der Waals surface area contributed by atoms with E-state index in [0.29, 0.717) is 11.6 Å². The van der Waals surface area contributed by atoms with Crippen LogP contribution in [0.2, 0.25) is 5.02 Å². The molecule has 0 saturated heterocycles. The summed E-state index contributed by atoms with van der Waals surface area (Å²) in [6.45, 7) is 0.330. The van der Waals surface area contributed by atoms with E-state index in [0.717, 1.165) is 11.1 Å². The Morgan fingerprint density at radius 3 is 2.53 bits per heavy atom. The van der Waals surface area contributed by atoms with Gasteiger partial charge in [0, 0.05) is 10.6 Å². The van der Waals surface area contributed by atoms with Crippen LogP contribution in [0.15, 0.2) is 54.6 Å². The van der Waals surface area contributed by atoms with Crippen molar-refractivity contribution in [2.45, 2.75) is 12.9 Å². The fraction of sp³-hybridized carbons (Fsp3) is 0.143. The number of hydrogen-bond donors (Lipinski definition) is 1. The summed E-state index contributed by atoms with van der Waals surface area (Å²) in [6.07, 6.45) is -0.907. The minimum absolute atomic E-state index is 0.330. The van der Waals surface area contributed by atoms with Crippen molar-refractivity contribution in [3.63, 3.8) is 0 Å². The number of benzene rings is 2. The number of hydrogen-bond acceptors (Lipinski definition) is 2. The average Bonchev–Trinajstić information content (AvgIpc) is 2.37. The molecule has 88 valence electrons. The molecule has 3 heteroatoms. The van der Waals surface area contributed by atoms with E-state index in [2.05, 4.69) is 0 Å². The maximum Gasteiger partial charge on any atom is 0.181 e. The molecule has 2 rings (SSSR count). The van der Waals surface area contributed by atoms with Crippen LogP contribution in [0.3, 0.4) is 0 Å². The fourth-order valence-electron chi connectivity index (χ4n) is 1.52. The summed E-state index contributed by atoms with van der Waals surface area (Å²) in [5.74, 6) is 0. The first-order valence-corrected chi connectivity index (χ1v) is 5.72. The Morgan fingerprint density at radius 2 is 1.82 bits per heavy atom. The van der Waals surface area contributed by atoms with Gasteiger partial charge in [-0.15, -0.1) is 0 Å². The second-order valence-corrected chi connectivity index (χ2v) is 4.14. The summed E-state index contributed by atoms with van der Waals surface area (Å²) in [5, 5.41) is 10.5. The number of ether oxygens (including phenoxy) is 1. The molecule has 0 fully saturated rings. The van der Waals surface area contributed by atoms with Crippen molar-refractivity contribution in [3.8, 4) is 0 Å². The van der Waals surface area contributed by atoms with E-state index in [1.54, 1.807) is 6.07 Å². The van der Waals surface area contributed by atoms with Gasteiger partial charge in [-0.1, -0.05) is 54.1 Å². The van der Waals surface area contributed by atoms with E-state index >= 15 is 0 Å². The highest BCUT2D eigenvalue weighted by Crippen LogP contribution is 2.17. The minimum atomic E-state index is -0.907. The molecule has 0 aliphatic carbocycles. The lowest BCUT2D eigenvalue weighted by Crippen LogP contribution is -2.03. The maximum absolute atomic E-state index is 9.80. The van der Waals surface area contributed by atoms with Crippen LogP contribution >= 0.6 is 11.6 Å². The van der Waals surface area contributed by atoms with Gasteiger partial charge in [-0.05, 0) is 17.7 Å². The van der Waals surface area contributed by atoms with Gasteiger partial charge in [0.25, 0.3) is 0 Å². The lowest BCUT2D eigenvalue weighted by Gasteiger charge is -2.12. The molecule has 1 unspecified atom stereocenters. The first-order valence-electron chi connectivity index (χ1n) is 5.35. The van der Waals surface area contributed by atoms with Gasteiger partial charge in [0.1, 0.15) is 0 Å². The summed E-state index contributed by atoms with van der Waals surface area (Å²) in [6, 6.07) is 16.7. The van der Waals surface area contributed by atoms with Crippen LogP contribution in [0.4, 0.5) is 0 Å². The molecule has 0 radical (unpaired) electrons. The Morgan fingerprint density at radius 1 is 1.06 bits per heavy atom. The highest BCUT2D eigenvalue weighted by molar-refractivity contribution is 6.30. The molecule has 0 heterocycles. The molecular weight excluding hydrogens is 236 g/mol. The zero-order valence-electron chi connectivity index (χ0n) is 9.21. The van der Waals surface area contributed by atoms with Gasteiger partial charge in [-0.2, -0.15) is 0 Å². The van der Waals surface area contributed by atoms with Crippen LogP contribution in [-0.4, -0.2) is 5.11 Å². The second kappa shape index (κ2) is 5.82. The maximum atomic E-state index is 9.80. The van der Waals surface area contributed by atoms with Crippen LogP contribution in [0.1, 0.15) is 17.4 Å². The van der Waals surface area contributed by atoms with Gasteiger partial charge in [0.2, 0.25) is 0 Å². The van der Waals surface area contributed by atoms with E-state index in [1.807, 2.05) is 48.5 Å². The van der Waals surface area contributed by atoms with Gasteiger partial charge >= 0.3 is 0 Å². The first kappa shape index (κ1) is 12.1. The number of halogens is 1. The van der Waals surface area contributed by atoms with Gasteiger partial charge in [-0.3, -0.25) is 0 Å². The molecular formula is C14H13ClO2. The molecule has 0 bridgehead atoms. The van der Waals surface area contributed by atoms with Crippen LogP contribution in [0.5, 0.6) is 0 Å². The van der Waals surface area contributed by atoms with Crippen LogP contribution in [-0.2, 0) is 11.3 Å². The Labute approximate surface area is 105 Å². The van der Waals surface area contributed by atoms with Crippen LogP contribution in [0.25, 0.3) is 0 Å². The number of aliphatic hydroxyl groups excluding tert-OH is 1. The SMILES string of the molecule is OC(OCc1cccc(Cl)c1)c1ccccc1. The van der Waals surface area contributed by atoms with Crippen molar-refractivity contribution >= 4 is 11.6 Å². The van der Waals surface area contributed by atoms with Gasteiger partial charge < -0.3 is 9.84 Å². The van der Waals surface area contributed by atoms with Gasteiger partial charge in [-0.25, -0.2) is 0 Å². The lowest BCUT2D eigenvalue weighted by molar-refractivity contribution is -0.111.